The number of nitrogens with zero attached hydrogens (tertiary/aromatic N) is 2. The number of oxazole rings is 1. The topological polar surface area (TPSA) is 101 Å². The first-order chi connectivity index (χ1) is 14.9. The lowest BCUT2D eigenvalue weighted by Gasteiger charge is -2.20. The molecule has 166 valence electrons. The highest BCUT2D eigenvalue weighted by molar-refractivity contribution is 7.91. The van der Waals surface area contributed by atoms with E-state index in [1.165, 1.54) is 30.7 Å². The summed E-state index contributed by atoms with van der Waals surface area (Å²) in [5.41, 5.74) is 1.15. The lowest BCUT2D eigenvalue weighted by molar-refractivity contribution is 0.0692. The normalized spacial score (nSPS) is 11.6. The zero-order valence-corrected chi connectivity index (χ0v) is 18.5. The molecule has 0 amide bonds. The van der Waals surface area contributed by atoms with E-state index in [0.717, 1.165) is 25.7 Å². The predicted molar refractivity (Wildman–Crippen MR) is 120 cm³/mol. The fourth-order valence-corrected chi connectivity index (χ4v) is 4.92. The Kier molecular flexibility index (Phi) is 7.68. The van der Waals surface area contributed by atoms with Gasteiger partial charge in [-0.05, 0) is 30.7 Å². The number of unbranched alkanes of at least 4 members (excludes halogenated alkanes) is 4. The number of anilines is 1. The molecule has 0 fully saturated rings. The van der Waals surface area contributed by atoms with Gasteiger partial charge in [0.05, 0.1) is 16.2 Å². The van der Waals surface area contributed by atoms with Gasteiger partial charge in [-0.1, -0.05) is 56.9 Å². The molecule has 0 atom stereocenters. The van der Waals surface area contributed by atoms with Crippen molar-refractivity contribution < 1.29 is 22.7 Å². The van der Waals surface area contributed by atoms with Crippen molar-refractivity contribution in [3.8, 4) is 0 Å². The van der Waals surface area contributed by atoms with Gasteiger partial charge in [0.25, 0.3) is 6.01 Å². The molecule has 0 radical (unpaired) electrons. The molecule has 3 rings (SSSR count). The van der Waals surface area contributed by atoms with Crippen LogP contribution in [0.1, 0.15) is 49.4 Å². The molecule has 0 aliphatic carbocycles. The molecule has 3 aromatic rings. The fraction of sp³-hybridized carbons (Fsp3) is 0.391. The summed E-state index contributed by atoms with van der Waals surface area (Å²) in [5.74, 6) is -1.49. The number of fused-ring (bicyclic) bond motifs is 1. The average Bonchev–Trinajstić information content (AvgIpc) is 3.19. The van der Waals surface area contributed by atoms with E-state index in [4.69, 9.17) is 4.42 Å². The molecule has 7 nitrogen and oxygen atoms in total. The second kappa shape index (κ2) is 10.4. The van der Waals surface area contributed by atoms with Crippen LogP contribution in [0, 0.1) is 0 Å². The Hall–Kier alpha value is -2.87. The Morgan fingerprint density at radius 3 is 2.45 bits per heavy atom. The van der Waals surface area contributed by atoms with Crippen molar-refractivity contribution in [1.29, 1.82) is 0 Å². The largest absolute Gasteiger partial charge is 0.478 e. The lowest BCUT2D eigenvalue weighted by Crippen LogP contribution is -2.31. The molecule has 31 heavy (non-hydrogen) atoms. The van der Waals surface area contributed by atoms with Crippen molar-refractivity contribution in [2.75, 3.05) is 23.7 Å². The zero-order valence-electron chi connectivity index (χ0n) is 17.7. The van der Waals surface area contributed by atoms with E-state index in [9.17, 15) is 18.3 Å². The van der Waals surface area contributed by atoms with Crippen molar-refractivity contribution >= 4 is 32.9 Å². The molecule has 0 spiro atoms. The van der Waals surface area contributed by atoms with E-state index in [1.807, 2.05) is 29.2 Å². The molecule has 0 saturated heterocycles. The van der Waals surface area contributed by atoms with Crippen molar-refractivity contribution in [2.24, 2.45) is 0 Å². The summed E-state index contributed by atoms with van der Waals surface area (Å²) in [4.78, 5) is 17.6. The molecule has 0 bridgehead atoms. The van der Waals surface area contributed by atoms with Crippen molar-refractivity contribution in [2.45, 2.75) is 43.9 Å². The minimum Gasteiger partial charge on any atom is -0.478 e. The highest BCUT2D eigenvalue weighted by atomic mass is 32.2. The minimum atomic E-state index is -3.80. The van der Waals surface area contributed by atoms with Gasteiger partial charge in [0, 0.05) is 13.1 Å². The maximum absolute atomic E-state index is 12.9. The van der Waals surface area contributed by atoms with Crippen molar-refractivity contribution in [3.05, 3.63) is 54.1 Å². The Bertz CT molecular complexity index is 1090. The zero-order chi connectivity index (χ0) is 22.3. The standard InChI is InChI=1S/C23H28N2O5S/c1-2-3-4-5-10-15-25(23-24-19-12-7-8-13-20(19)30-23)16-17-31(28,29)21-14-9-6-11-18(21)22(26)27/h6-9,11-14H,2-5,10,15-17H2,1H3,(H,26,27). The van der Waals surface area contributed by atoms with Gasteiger partial charge in [0.1, 0.15) is 5.52 Å². The quantitative estimate of drug-likeness (QED) is 0.401. The van der Waals surface area contributed by atoms with Crippen LogP contribution in [0.3, 0.4) is 0 Å². The highest BCUT2D eigenvalue weighted by Crippen LogP contribution is 2.23. The monoisotopic (exact) mass is 444 g/mol. The SMILES string of the molecule is CCCCCCCN(CCS(=O)(=O)c1ccccc1C(=O)O)c1nc2ccccc2o1. The number of rotatable bonds is 12. The number of para-hydroxylation sites is 2. The first-order valence-corrected chi connectivity index (χ1v) is 12.2. The van der Waals surface area contributed by atoms with Gasteiger partial charge in [0.15, 0.2) is 15.4 Å². The number of hydrogen-bond donors (Lipinski definition) is 1. The molecule has 8 heteroatoms. The fourth-order valence-electron chi connectivity index (χ4n) is 3.46. The third-order valence-corrected chi connectivity index (χ3v) is 6.91. The molecule has 0 saturated carbocycles. The number of aromatic nitrogens is 1. The lowest BCUT2D eigenvalue weighted by atomic mass is 10.1. The number of carbonyl (C=O) groups is 1. The van der Waals surface area contributed by atoms with Crippen LogP contribution in [-0.4, -0.2) is 43.3 Å². The maximum atomic E-state index is 12.9. The molecule has 0 aliphatic heterocycles. The van der Waals surface area contributed by atoms with Gasteiger partial charge < -0.3 is 14.4 Å². The number of aromatic carboxylic acids is 1. The first-order valence-electron chi connectivity index (χ1n) is 10.6. The minimum absolute atomic E-state index is 0.164. The Morgan fingerprint density at radius 2 is 1.71 bits per heavy atom. The third kappa shape index (κ3) is 5.85. The number of carboxylic acids is 1. The van der Waals surface area contributed by atoms with E-state index >= 15 is 0 Å². The van der Waals surface area contributed by atoms with Gasteiger partial charge in [-0.25, -0.2) is 13.2 Å². The second-order valence-electron chi connectivity index (χ2n) is 7.49. The van der Waals surface area contributed by atoms with E-state index in [0.29, 0.717) is 23.7 Å². The van der Waals surface area contributed by atoms with Crippen LogP contribution in [0.5, 0.6) is 0 Å². The summed E-state index contributed by atoms with van der Waals surface area (Å²) in [6, 6.07) is 13.5. The van der Waals surface area contributed by atoms with E-state index in [2.05, 4.69) is 11.9 Å². The van der Waals surface area contributed by atoms with Gasteiger partial charge in [0.2, 0.25) is 0 Å². The average molecular weight is 445 g/mol. The molecule has 1 N–H and O–H groups in total. The van der Waals surface area contributed by atoms with Crippen LogP contribution in [0.25, 0.3) is 11.1 Å². The van der Waals surface area contributed by atoms with Crippen LogP contribution >= 0.6 is 0 Å². The molecular weight excluding hydrogens is 416 g/mol. The molecule has 2 aromatic carbocycles. The number of sulfone groups is 1. The summed E-state index contributed by atoms with van der Waals surface area (Å²) in [5, 5.41) is 9.35. The van der Waals surface area contributed by atoms with Crippen LogP contribution in [0.4, 0.5) is 6.01 Å². The van der Waals surface area contributed by atoms with Crippen LogP contribution in [0.2, 0.25) is 0 Å². The Labute approximate surface area is 182 Å². The van der Waals surface area contributed by atoms with Gasteiger partial charge in [-0.15, -0.1) is 0 Å². The van der Waals surface area contributed by atoms with Gasteiger partial charge in [-0.3, -0.25) is 0 Å². The summed E-state index contributed by atoms with van der Waals surface area (Å²) < 4.78 is 31.7. The van der Waals surface area contributed by atoms with E-state index < -0.39 is 15.8 Å². The molecule has 0 unspecified atom stereocenters. The smallest absolute Gasteiger partial charge is 0.337 e. The van der Waals surface area contributed by atoms with Crippen LogP contribution in [-0.2, 0) is 9.84 Å². The van der Waals surface area contributed by atoms with E-state index in [-0.39, 0.29) is 22.8 Å². The van der Waals surface area contributed by atoms with E-state index in [1.54, 1.807) is 0 Å². The first kappa shape index (κ1) is 22.8. The summed E-state index contributed by atoms with van der Waals surface area (Å²) >= 11 is 0. The van der Waals surface area contributed by atoms with Crippen molar-refractivity contribution in [3.63, 3.8) is 0 Å². The predicted octanol–water partition coefficient (Wildman–Crippen LogP) is 4.78. The molecule has 0 aliphatic rings. The second-order valence-corrected chi connectivity index (χ2v) is 9.56. The number of hydrogen-bond acceptors (Lipinski definition) is 6. The number of benzene rings is 2. The molecule has 1 aromatic heterocycles. The Morgan fingerprint density at radius 1 is 1.00 bits per heavy atom. The highest BCUT2D eigenvalue weighted by Gasteiger charge is 2.24. The third-order valence-electron chi connectivity index (χ3n) is 5.17. The Balaban J connectivity index is 1.78. The summed E-state index contributed by atoms with van der Waals surface area (Å²) in [7, 11) is -3.80. The van der Waals surface area contributed by atoms with Crippen LogP contribution in [0.15, 0.2) is 57.8 Å². The van der Waals surface area contributed by atoms with Crippen LogP contribution < -0.4 is 4.90 Å². The van der Waals surface area contributed by atoms with Gasteiger partial charge in [-0.2, -0.15) is 4.98 Å². The number of carboxylic acid groups (broad SMARTS) is 1. The van der Waals surface area contributed by atoms with Gasteiger partial charge >= 0.3 is 5.97 Å². The molecular formula is C23H28N2O5S. The van der Waals surface area contributed by atoms with Crippen molar-refractivity contribution in [1.82, 2.24) is 4.98 Å². The summed E-state index contributed by atoms with van der Waals surface area (Å²) in [6.45, 7) is 2.94. The summed E-state index contributed by atoms with van der Waals surface area (Å²) in [6.07, 6.45) is 5.38. The molecule has 1 heterocycles. The maximum Gasteiger partial charge on any atom is 0.337 e.